The second-order valence-electron chi connectivity index (χ2n) is 5.75. The van der Waals surface area contributed by atoms with Crippen LogP contribution in [0.15, 0.2) is 36.5 Å². The average Bonchev–Trinajstić information content (AvgIpc) is 2.81. The van der Waals surface area contributed by atoms with Crippen molar-refractivity contribution in [1.29, 1.82) is 0 Å². The maximum absolute atomic E-state index is 4.59. The minimum atomic E-state index is -0.0182. The molecule has 0 amide bonds. The number of benzene rings is 1. The van der Waals surface area contributed by atoms with E-state index in [0.717, 1.165) is 13.1 Å². The van der Waals surface area contributed by atoms with Gasteiger partial charge in [0.25, 0.3) is 0 Å². The molecule has 0 atom stereocenters. The van der Waals surface area contributed by atoms with Crippen LogP contribution in [0.1, 0.15) is 33.3 Å². The van der Waals surface area contributed by atoms with Gasteiger partial charge in [0.05, 0.1) is 17.4 Å². The zero-order valence-electron chi connectivity index (χ0n) is 12.3. The summed E-state index contributed by atoms with van der Waals surface area (Å²) in [5, 5.41) is 7.98. The first-order valence-corrected chi connectivity index (χ1v) is 6.87. The van der Waals surface area contributed by atoms with Crippen molar-refractivity contribution in [3.63, 3.8) is 0 Å². The maximum Gasteiger partial charge on any atom is 0.0733 e. The fourth-order valence-electron chi connectivity index (χ4n) is 2.18. The summed E-state index contributed by atoms with van der Waals surface area (Å²) in [5.74, 6) is 0. The quantitative estimate of drug-likeness (QED) is 0.909. The van der Waals surface area contributed by atoms with Gasteiger partial charge in [-0.2, -0.15) is 5.10 Å². The summed E-state index contributed by atoms with van der Waals surface area (Å²) in [6, 6.07) is 10.5. The SMILES string of the molecule is CCNCc1cnn(C(C)(C)C)c1-c1ccccc1. The Balaban J connectivity index is 2.50. The fourth-order valence-corrected chi connectivity index (χ4v) is 2.18. The highest BCUT2D eigenvalue weighted by molar-refractivity contribution is 5.63. The highest BCUT2D eigenvalue weighted by atomic mass is 15.3. The summed E-state index contributed by atoms with van der Waals surface area (Å²) in [4.78, 5) is 0. The lowest BCUT2D eigenvalue weighted by atomic mass is 10.0. The van der Waals surface area contributed by atoms with Gasteiger partial charge in [0.2, 0.25) is 0 Å². The lowest BCUT2D eigenvalue weighted by Crippen LogP contribution is -2.24. The van der Waals surface area contributed by atoms with Crippen LogP contribution in [0.4, 0.5) is 0 Å². The Morgan fingerprint density at radius 2 is 1.84 bits per heavy atom. The van der Waals surface area contributed by atoms with Crippen molar-refractivity contribution >= 4 is 0 Å². The van der Waals surface area contributed by atoms with Gasteiger partial charge in [0.15, 0.2) is 0 Å². The number of nitrogens with zero attached hydrogens (tertiary/aromatic N) is 2. The molecule has 19 heavy (non-hydrogen) atoms. The van der Waals surface area contributed by atoms with Crippen molar-refractivity contribution in [3.8, 4) is 11.3 Å². The lowest BCUT2D eigenvalue weighted by molar-refractivity contribution is 0.360. The van der Waals surface area contributed by atoms with Crippen molar-refractivity contribution in [1.82, 2.24) is 15.1 Å². The third-order valence-electron chi connectivity index (χ3n) is 3.09. The third kappa shape index (κ3) is 3.04. The van der Waals surface area contributed by atoms with Crippen LogP contribution in [-0.2, 0) is 12.1 Å². The van der Waals surface area contributed by atoms with Gasteiger partial charge in [-0.15, -0.1) is 0 Å². The standard InChI is InChI=1S/C16H23N3/c1-5-17-11-14-12-18-19(16(2,3)4)15(14)13-9-7-6-8-10-13/h6-10,12,17H,5,11H2,1-4H3. The molecule has 1 N–H and O–H groups in total. The van der Waals surface area contributed by atoms with E-state index in [1.54, 1.807) is 0 Å². The molecule has 0 spiro atoms. The highest BCUT2D eigenvalue weighted by Crippen LogP contribution is 2.28. The van der Waals surface area contributed by atoms with Crippen LogP contribution in [0.5, 0.6) is 0 Å². The van der Waals surface area contributed by atoms with Crippen LogP contribution in [-0.4, -0.2) is 16.3 Å². The van der Waals surface area contributed by atoms with E-state index in [4.69, 9.17) is 0 Å². The van der Waals surface area contributed by atoms with E-state index in [-0.39, 0.29) is 5.54 Å². The minimum absolute atomic E-state index is 0.0182. The van der Waals surface area contributed by atoms with Crippen molar-refractivity contribution in [3.05, 3.63) is 42.1 Å². The number of hydrogen-bond acceptors (Lipinski definition) is 2. The number of aromatic nitrogens is 2. The Kier molecular flexibility index (Phi) is 4.05. The molecule has 2 rings (SSSR count). The molecule has 0 fully saturated rings. The first-order valence-electron chi connectivity index (χ1n) is 6.87. The third-order valence-corrected chi connectivity index (χ3v) is 3.09. The number of hydrogen-bond donors (Lipinski definition) is 1. The lowest BCUT2D eigenvalue weighted by Gasteiger charge is -2.23. The summed E-state index contributed by atoms with van der Waals surface area (Å²) in [6.45, 7) is 10.5. The Morgan fingerprint density at radius 3 is 2.42 bits per heavy atom. The van der Waals surface area contributed by atoms with E-state index in [9.17, 15) is 0 Å². The van der Waals surface area contributed by atoms with Gasteiger partial charge in [0.1, 0.15) is 0 Å². The predicted molar refractivity (Wildman–Crippen MR) is 80.0 cm³/mol. The molecule has 0 radical (unpaired) electrons. The molecule has 0 saturated carbocycles. The van der Waals surface area contributed by atoms with E-state index in [1.165, 1.54) is 16.8 Å². The Morgan fingerprint density at radius 1 is 1.16 bits per heavy atom. The van der Waals surface area contributed by atoms with Crippen LogP contribution >= 0.6 is 0 Å². The van der Waals surface area contributed by atoms with E-state index >= 15 is 0 Å². The molecule has 1 aromatic heterocycles. The topological polar surface area (TPSA) is 29.9 Å². The second-order valence-corrected chi connectivity index (χ2v) is 5.75. The fraction of sp³-hybridized carbons (Fsp3) is 0.438. The largest absolute Gasteiger partial charge is 0.313 e. The maximum atomic E-state index is 4.59. The van der Waals surface area contributed by atoms with Gasteiger partial charge >= 0.3 is 0 Å². The Bertz CT molecular complexity index is 521. The molecule has 1 aromatic carbocycles. The number of rotatable bonds is 4. The van der Waals surface area contributed by atoms with E-state index in [0.29, 0.717) is 0 Å². The van der Waals surface area contributed by atoms with Gasteiger partial charge in [-0.25, -0.2) is 0 Å². The van der Waals surface area contributed by atoms with Crippen molar-refractivity contribution < 1.29 is 0 Å². The molecule has 0 saturated heterocycles. The summed E-state index contributed by atoms with van der Waals surface area (Å²) in [7, 11) is 0. The number of nitrogens with one attached hydrogen (secondary N) is 1. The van der Waals surface area contributed by atoms with Gasteiger partial charge in [0, 0.05) is 17.7 Å². The van der Waals surface area contributed by atoms with E-state index < -0.39 is 0 Å². The summed E-state index contributed by atoms with van der Waals surface area (Å²) < 4.78 is 2.12. The molecule has 0 unspecified atom stereocenters. The summed E-state index contributed by atoms with van der Waals surface area (Å²) >= 11 is 0. The monoisotopic (exact) mass is 257 g/mol. The summed E-state index contributed by atoms with van der Waals surface area (Å²) in [6.07, 6.45) is 1.98. The predicted octanol–water partition coefficient (Wildman–Crippen LogP) is 3.41. The molecule has 0 aliphatic rings. The normalized spacial score (nSPS) is 11.8. The van der Waals surface area contributed by atoms with Gasteiger partial charge in [-0.1, -0.05) is 37.3 Å². The Hall–Kier alpha value is -1.61. The molecular formula is C16H23N3. The molecular weight excluding hydrogens is 234 g/mol. The van der Waals surface area contributed by atoms with Crippen molar-refractivity contribution in [2.75, 3.05) is 6.54 Å². The Labute approximate surface area is 115 Å². The van der Waals surface area contributed by atoms with Gasteiger partial charge in [-0.3, -0.25) is 4.68 Å². The average molecular weight is 257 g/mol. The van der Waals surface area contributed by atoms with Crippen LogP contribution in [0, 0.1) is 0 Å². The molecule has 3 nitrogen and oxygen atoms in total. The molecule has 3 heteroatoms. The van der Waals surface area contributed by atoms with Crippen LogP contribution in [0.2, 0.25) is 0 Å². The molecule has 0 bridgehead atoms. The van der Waals surface area contributed by atoms with E-state index in [1.807, 2.05) is 12.3 Å². The van der Waals surface area contributed by atoms with Gasteiger partial charge < -0.3 is 5.32 Å². The van der Waals surface area contributed by atoms with Crippen LogP contribution in [0.3, 0.4) is 0 Å². The first-order chi connectivity index (χ1) is 9.04. The minimum Gasteiger partial charge on any atom is -0.313 e. The van der Waals surface area contributed by atoms with E-state index in [2.05, 4.69) is 67.1 Å². The zero-order valence-corrected chi connectivity index (χ0v) is 12.3. The van der Waals surface area contributed by atoms with Gasteiger partial charge in [-0.05, 0) is 27.3 Å². The molecule has 1 heterocycles. The van der Waals surface area contributed by atoms with Crippen molar-refractivity contribution in [2.24, 2.45) is 0 Å². The molecule has 0 aliphatic carbocycles. The first kappa shape index (κ1) is 13.8. The zero-order chi connectivity index (χ0) is 13.9. The summed E-state index contributed by atoms with van der Waals surface area (Å²) in [5.41, 5.74) is 3.68. The van der Waals surface area contributed by atoms with Crippen LogP contribution in [0.25, 0.3) is 11.3 Å². The van der Waals surface area contributed by atoms with Crippen LogP contribution < -0.4 is 5.32 Å². The molecule has 0 aliphatic heterocycles. The second kappa shape index (κ2) is 5.57. The smallest absolute Gasteiger partial charge is 0.0733 e. The van der Waals surface area contributed by atoms with Crippen molar-refractivity contribution in [2.45, 2.75) is 39.8 Å². The molecule has 2 aromatic rings. The highest BCUT2D eigenvalue weighted by Gasteiger charge is 2.21. The molecule has 102 valence electrons.